The first-order valence-corrected chi connectivity index (χ1v) is 7.07. The van der Waals surface area contributed by atoms with Gasteiger partial charge in [-0.2, -0.15) is 0 Å². The van der Waals surface area contributed by atoms with Crippen molar-refractivity contribution < 1.29 is 32.2 Å². The zero-order chi connectivity index (χ0) is 18.4. The van der Waals surface area contributed by atoms with Crippen molar-refractivity contribution >= 4 is 23.6 Å². The van der Waals surface area contributed by atoms with Crippen molar-refractivity contribution in [1.82, 2.24) is 0 Å². The molecule has 2 amide bonds. The molecule has 0 heterocycles. The van der Waals surface area contributed by atoms with Gasteiger partial charge >= 0.3 is 12.2 Å². The summed E-state index contributed by atoms with van der Waals surface area (Å²) in [6.07, 6.45) is -0.866. The van der Waals surface area contributed by atoms with Gasteiger partial charge in [0, 0.05) is 5.69 Å². The highest BCUT2D eigenvalue weighted by Crippen LogP contribution is 2.20. The Bertz CT molecular complexity index is 782. The first-order chi connectivity index (χ1) is 11.9. The van der Waals surface area contributed by atoms with Crippen molar-refractivity contribution in [1.29, 1.82) is 0 Å². The van der Waals surface area contributed by atoms with Crippen LogP contribution in [-0.2, 0) is 4.74 Å². The fourth-order valence-corrected chi connectivity index (χ4v) is 1.76. The minimum Gasteiger partial charge on any atom is -0.434 e. The second kappa shape index (κ2) is 8.04. The highest BCUT2D eigenvalue weighted by atomic mass is 19.2. The van der Waals surface area contributed by atoms with E-state index in [1.54, 1.807) is 6.92 Å². The van der Waals surface area contributed by atoms with Crippen molar-refractivity contribution in [2.24, 2.45) is 0 Å². The number of benzene rings is 2. The van der Waals surface area contributed by atoms with Crippen LogP contribution in [0.5, 0.6) is 5.75 Å². The molecule has 2 rings (SSSR count). The van der Waals surface area contributed by atoms with Crippen LogP contribution in [0, 0.1) is 17.5 Å². The third-order valence-corrected chi connectivity index (χ3v) is 2.86. The molecular weight excluding hydrogens is 341 g/mol. The zero-order valence-electron chi connectivity index (χ0n) is 12.9. The van der Waals surface area contributed by atoms with Gasteiger partial charge in [-0.15, -0.1) is 0 Å². The number of rotatable bonds is 4. The number of hydrogen-bond donors (Lipinski definition) is 2. The lowest BCUT2D eigenvalue weighted by Crippen LogP contribution is -2.20. The molecule has 0 aliphatic heterocycles. The molecule has 0 aromatic heterocycles. The van der Waals surface area contributed by atoms with E-state index in [1.165, 1.54) is 24.3 Å². The Hall–Kier alpha value is -3.23. The van der Waals surface area contributed by atoms with Gasteiger partial charge in [-0.1, -0.05) is 0 Å². The molecular formula is C16H13F3N2O4. The molecule has 25 heavy (non-hydrogen) atoms. The van der Waals surface area contributed by atoms with Crippen molar-refractivity contribution in [3.63, 3.8) is 0 Å². The maximum absolute atomic E-state index is 13.5. The molecule has 132 valence electrons. The van der Waals surface area contributed by atoms with Gasteiger partial charge in [-0.3, -0.25) is 0 Å². The average Bonchev–Trinajstić information content (AvgIpc) is 2.57. The van der Waals surface area contributed by atoms with Crippen molar-refractivity contribution in [2.75, 3.05) is 17.2 Å². The Morgan fingerprint density at radius 3 is 2.28 bits per heavy atom. The van der Waals surface area contributed by atoms with Gasteiger partial charge in [-0.25, -0.2) is 22.8 Å². The Labute approximate surface area is 140 Å². The van der Waals surface area contributed by atoms with Crippen molar-refractivity contribution in [3.05, 3.63) is 53.8 Å². The van der Waals surface area contributed by atoms with Crippen LogP contribution in [0.3, 0.4) is 0 Å². The number of carbonyl (C=O) groups excluding carboxylic acids is 2. The van der Waals surface area contributed by atoms with E-state index in [0.717, 1.165) is 6.07 Å². The smallest absolute Gasteiger partial charge is 0.434 e. The molecule has 0 aliphatic carbocycles. The molecule has 2 aromatic carbocycles. The summed E-state index contributed by atoms with van der Waals surface area (Å²) in [5, 5.41) is 4.41. The molecule has 0 atom stereocenters. The van der Waals surface area contributed by atoms with Gasteiger partial charge in [-0.05, 0) is 43.3 Å². The van der Waals surface area contributed by atoms with Crippen LogP contribution in [-0.4, -0.2) is 18.8 Å². The molecule has 0 spiro atoms. The lowest BCUT2D eigenvalue weighted by molar-refractivity contribution is 0.104. The number of halogens is 3. The quantitative estimate of drug-likeness (QED) is 0.488. The van der Waals surface area contributed by atoms with E-state index >= 15 is 0 Å². The number of amides is 2. The molecule has 2 aromatic rings. The molecule has 0 saturated carbocycles. The molecule has 0 saturated heterocycles. The molecule has 0 radical (unpaired) electrons. The lowest BCUT2D eigenvalue weighted by atomic mass is 10.3. The average molecular weight is 354 g/mol. The van der Waals surface area contributed by atoms with Crippen LogP contribution in [0.25, 0.3) is 0 Å². The molecule has 0 unspecified atom stereocenters. The second-order valence-electron chi connectivity index (χ2n) is 4.61. The number of nitrogens with one attached hydrogen (secondary N) is 2. The van der Waals surface area contributed by atoms with E-state index in [-0.39, 0.29) is 18.0 Å². The number of anilines is 2. The summed E-state index contributed by atoms with van der Waals surface area (Å²) in [6.45, 7) is 1.79. The standard InChI is InChI=1S/C16H13F3N2O4/c1-2-24-16(23)25-10-5-3-9(4-6-10)20-15(22)21-12-8-7-11(17)13(18)14(12)19/h3-8H,2H2,1H3,(H2,20,21,22). The predicted molar refractivity (Wildman–Crippen MR) is 83.0 cm³/mol. The van der Waals surface area contributed by atoms with Crippen LogP contribution in [0.4, 0.5) is 34.1 Å². The van der Waals surface area contributed by atoms with Gasteiger partial charge in [0.25, 0.3) is 0 Å². The minimum atomic E-state index is -1.68. The zero-order valence-corrected chi connectivity index (χ0v) is 12.9. The summed E-state index contributed by atoms with van der Waals surface area (Å²) in [7, 11) is 0. The monoisotopic (exact) mass is 354 g/mol. The van der Waals surface area contributed by atoms with Gasteiger partial charge in [0.1, 0.15) is 5.75 Å². The first-order valence-electron chi connectivity index (χ1n) is 7.07. The van der Waals surface area contributed by atoms with Crippen molar-refractivity contribution in [3.8, 4) is 5.75 Å². The lowest BCUT2D eigenvalue weighted by Gasteiger charge is -2.10. The summed E-state index contributed by atoms with van der Waals surface area (Å²) in [5.74, 6) is -4.36. The Morgan fingerprint density at radius 2 is 1.64 bits per heavy atom. The fourth-order valence-electron chi connectivity index (χ4n) is 1.76. The van der Waals surface area contributed by atoms with E-state index in [2.05, 4.69) is 15.4 Å². The summed E-state index contributed by atoms with van der Waals surface area (Å²) >= 11 is 0. The third-order valence-electron chi connectivity index (χ3n) is 2.86. The van der Waals surface area contributed by atoms with Crippen LogP contribution in [0.1, 0.15) is 6.92 Å². The van der Waals surface area contributed by atoms with Crippen LogP contribution >= 0.6 is 0 Å². The molecule has 2 N–H and O–H groups in total. The number of carbonyl (C=O) groups is 2. The predicted octanol–water partition coefficient (Wildman–Crippen LogP) is 4.28. The third kappa shape index (κ3) is 4.87. The van der Waals surface area contributed by atoms with Crippen LogP contribution in [0.2, 0.25) is 0 Å². The van der Waals surface area contributed by atoms with Crippen LogP contribution < -0.4 is 15.4 Å². The van der Waals surface area contributed by atoms with E-state index in [1.807, 2.05) is 0 Å². The van der Waals surface area contributed by atoms with Gasteiger partial charge in [0.2, 0.25) is 0 Å². The van der Waals surface area contributed by atoms with Crippen molar-refractivity contribution in [2.45, 2.75) is 6.92 Å². The molecule has 0 aliphatic rings. The Balaban J connectivity index is 1.97. The van der Waals surface area contributed by atoms with Gasteiger partial charge < -0.3 is 20.1 Å². The molecule has 0 fully saturated rings. The van der Waals surface area contributed by atoms with E-state index < -0.39 is 35.3 Å². The second-order valence-corrected chi connectivity index (χ2v) is 4.61. The molecule has 0 bridgehead atoms. The minimum absolute atomic E-state index is 0.166. The number of urea groups is 1. The highest BCUT2D eigenvalue weighted by Gasteiger charge is 2.15. The maximum atomic E-state index is 13.5. The largest absolute Gasteiger partial charge is 0.513 e. The van der Waals surface area contributed by atoms with Gasteiger partial charge in [0.05, 0.1) is 12.3 Å². The Morgan fingerprint density at radius 1 is 0.960 bits per heavy atom. The summed E-state index contributed by atoms with van der Waals surface area (Å²) in [5.41, 5.74) is -0.227. The number of ether oxygens (including phenoxy) is 2. The summed E-state index contributed by atoms with van der Waals surface area (Å²) < 4.78 is 48.8. The Kier molecular flexibility index (Phi) is 5.83. The topological polar surface area (TPSA) is 76.7 Å². The van der Waals surface area contributed by atoms with Gasteiger partial charge in [0.15, 0.2) is 17.5 Å². The first kappa shape index (κ1) is 18.1. The highest BCUT2D eigenvalue weighted by molar-refractivity contribution is 5.99. The van der Waals surface area contributed by atoms with E-state index in [0.29, 0.717) is 6.07 Å². The molecule has 6 nitrogen and oxygen atoms in total. The normalized spacial score (nSPS) is 10.1. The van der Waals surface area contributed by atoms with E-state index in [9.17, 15) is 22.8 Å². The summed E-state index contributed by atoms with van der Waals surface area (Å²) in [4.78, 5) is 22.9. The maximum Gasteiger partial charge on any atom is 0.513 e. The summed E-state index contributed by atoms with van der Waals surface area (Å²) in [6, 6.07) is 6.32. The fraction of sp³-hybridized carbons (Fsp3) is 0.125. The van der Waals surface area contributed by atoms with E-state index in [4.69, 9.17) is 4.74 Å². The molecule has 9 heteroatoms. The SMILES string of the molecule is CCOC(=O)Oc1ccc(NC(=O)Nc2ccc(F)c(F)c2F)cc1. The van der Waals surface area contributed by atoms with Crippen LogP contribution in [0.15, 0.2) is 36.4 Å². The number of hydrogen-bond acceptors (Lipinski definition) is 4.